The Kier molecular flexibility index (Phi) is 6.64. The van der Waals surface area contributed by atoms with Crippen molar-refractivity contribution in [2.75, 3.05) is 5.32 Å². The van der Waals surface area contributed by atoms with Crippen LogP contribution < -0.4 is 5.32 Å². The molecule has 0 fully saturated rings. The quantitative estimate of drug-likeness (QED) is 0.284. The molecule has 10 heteroatoms. The van der Waals surface area contributed by atoms with Gasteiger partial charge in [0.15, 0.2) is 11.0 Å². The van der Waals surface area contributed by atoms with Gasteiger partial charge in [0.2, 0.25) is 0 Å². The zero-order valence-electron chi connectivity index (χ0n) is 18.6. The lowest BCUT2D eigenvalue weighted by molar-refractivity contribution is 0.102. The Hall–Kier alpha value is -3.89. The van der Waals surface area contributed by atoms with Crippen LogP contribution in [0.25, 0.3) is 17.1 Å². The van der Waals surface area contributed by atoms with E-state index >= 15 is 0 Å². The third-order valence-electron chi connectivity index (χ3n) is 5.07. The van der Waals surface area contributed by atoms with E-state index in [0.717, 1.165) is 16.1 Å². The number of nitrogens with zero attached hydrogens (tertiary/aromatic N) is 5. The molecule has 0 unspecified atom stereocenters. The Morgan fingerprint density at radius 1 is 1.09 bits per heavy atom. The monoisotopic (exact) mass is 502 g/mol. The van der Waals surface area contributed by atoms with Gasteiger partial charge in [-0.05, 0) is 43.3 Å². The normalized spacial score (nSPS) is 10.9. The number of aromatic nitrogens is 5. The largest absolute Gasteiger partial charge is 0.321 e. The molecular weight excluding hydrogens is 483 g/mol. The van der Waals surface area contributed by atoms with E-state index in [1.165, 1.54) is 29.2 Å². The minimum atomic E-state index is -0.386. The van der Waals surface area contributed by atoms with Crippen molar-refractivity contribution in [1.29, 1.82) is 0 Å². The SMILES string of the molecule is Cc1ccc(NC(=O)c2csc(CSc3nnc(-c4cccnc4)n3-c3ccccc3F)n2)cc1. The van der Waals surface area contributed by atoms with Gasteiger partial charge in [0.1, 0.15) is 16.5 Å². The summed E-state index contributed by atoms with van der Waals surface area (Å²) in [7, 11) is 0. The number of thioether (sulfide) groups is 1. The predicted octanol–water partition coefficient (Wildman–Crippen LogP) is 5.78. The Bertz CT molecular complexity index is 1470. The second-order valence-corrected chi connectivity index (χ2v) is 9.46. The topological polar surface area (TPSA) is 85.6 Å². The van der Waals surface area contributed by atoms with Crippen LogP contribution in [0, 0.1) is 12.7 Å². The Morgan fingerprint density at radius 2 is 1.91 bits per heavy atom. The van der Waals surface area contributed by atoms with E-state index in [-0.39, 0.29) is 11.7 Å². The molecule has 0 radical (unpaired) electrons. The number of amides is 1. The van der Waals surface area contributed by atoms with Crippen LogP contribution in [-0.2, 0) is 5.75 Å². The van der Waals surface area contributed by atoms with Gasteiger partial charge in [-0.3, -0.25) is 14.3 Å². The van der Waals surface area contributed by atoms with Crippen LogP contribution in [0.4, 0.5) is 10.1 Å². The molecule has 35 heavy (non-hydrogen) atoms. The Balaban J connectivity index is 1.36. The molecule has 0 aliphatic carbocycles. The van der Waals surface area contributed by atoms with Gasteiger partial charge >= 0.3 is 0 Å². The third kappa shape index (κ3) is 5.13. The standard InChI is InChI=1S/C25H19FN6OS2/c1-16-8-10-18(11-9-16)28-24(33)20-14-34-22(29-20)15-35-25-31-30-23(17-5-4-12-27-13-17)32(25)21-7-3-2-6-19(21)26/h2-14H,15H2,1H3,(H,28,33). The molecule has 0 aliphatic rings. The van der Waals surface area contributed by atoms with E-state index < -0.39 is 0 Å². The molecule has 1 amide bonds. The maximum atomic E-state index is 14.7. The predicted molar refractivity (Wildman–Crippen MR) is 135 cm³/mol. The number of hydrogen-bond donors (Lipinski definition) is 1. The summed E-state index contributed by atoms with van der Waals surface area (Å²) in [5.74, 6) is 0.281. The van der Waals surface area contributed by atoms with Crippen molar-refractivity contribution in [2.45, 2.75) is 17.8 Å². The van der Waals surface area contributed by atoms with E-state index in [4.69, 9.17) is 0 Å². The lowest BCUT2D eigenvalue weighted by Gasteiger charge is -2.10. The van der Waals surface area contributed by atoms with Gasteiger partial charge in [-0.25, -0.2) is 9.37 Å². The molecule has 0 saturated heterocycles. The van der Waals surface area contributed by atoms with Crippen LogP contribution in [0.15, 0.2) is 83.6 Å². The van der Waals surface area contributed by atoms with Crippen LogP contribution in [0.2, 0.25) is 0 Å². The average molecular weight is 503 g/mol. The molecule has 174 valence electrons. The molecule has 7 nitrogen and oxygen atoms in total. The summed E-state index contributed by atoms with van der Waals surface area (Å²) in [4.78, 5) is 21.2. The van der Waals surface area contributed by atoms with E-state index in [1.54, 1.807) is 46.6 Å². The van der Waals surface area contributed by atoms with Crippen LogP contribution in [0.5, 0.6) is 0 Å². The van der Waals surface area contributed by atoms with Crippen LogP contribution in [0.3, 0.4) is 0 Å². The number of rotatable bonds is 7. The van der Waals surface area contributed by atoms with Gasteiger partial charge in [0, 0.05) is 29.0 Å². The minimum absolute atomic E-state index is 0.269. The number of carbonyl (C=O) groups excluding carboxylic acids is 1. The fourth-order valence-electron chi connectivity index (χ4n) is 3.34. The molecule has 5 aromatic rings. The number of nitrogens with one attached hydrogen (secondary N) is 1. The Morgan fingerprint density at radius 3 is 2.69 bits per heavy atom. The number of anilines is 1. The first kappa shape index (κ1) is 22.9. The number of pyridine rings is 1. The minimum Gasteiger partial charge on any atom is -0.321 e. The van der Waals surface area contributed by atoms with Gasteiger partial charge in [-0.1, -0.05) is 41.6 Å². The number of hydrogen-bond acceptors (Lipinski definition) is 7. The molecular formula is C25H19FN6OS2. The molecule has 0 bridgehead atoms. The molecule has 0 saturated carbocycles. The van der Waals surface area contributed by atoms with Crippen LogP contribution in [-0.4, -0.2) is 30.6 Å². The molecule has 2 aromatic carbocycles. The summed E-state index contributed by atoms with van der Waals surface area (Å²) >= 11 is 2.75. The van der Waals surface area contributed by atoms with Crippen LogP contribution in [0.1, 0.15) is 21.1 Å². The van der Waals surface area contributed by atoms with E-state index in [2.05, 4.69) is 25.5 Å². The highest BCUT2D eigenvalue weighted by Gasteiger charge is 2.19. The van der Waals surface area contributed by atoms with E-state index in [0.29, 0.717) is 33.8 Å². The highest BCUT2D eigenvalue weighted by atomic mass is 32.2. The van der Waals surface area contributed by atoms with Crippen molar-refractivity contribution in [3.05, 3.63) is 101 Å². The summed E-state index contributed by atoms with van der Waals surface area (Å²) < 4.78 is 16.4. The van der Waals surface area contributed by atoms with Crippen molar-refractivity contribution in [1.82, 2.24) is 24.7 Å². The van der Waals surface area contributed by atoms with Crippen molar-refractivity contribution >= 4 is 34.7 Å². The molecule has 1 N–H and O–H groups in total. The maximum absolute atomic E-state index is 14.7. The molecule has 5 rings (SSSR count). The summed E-state index contributed by atoms with van der Waals surface area (Å²) in [6, 6.07) is 17.7. The lowest BCUT2D eigenvalue weighted by Crippen LogP contribution is -2.12. The number of aryl methyl sites for hydroxylation is 1. The van der Waals surface area contributed by atoms with Gasteiger partial charge in [0.25, 0.3) is 5.91 Å². The summed E-state index contributed by atoms with van der Waals surface area (Å²) in [6.07, 6.45) is 3.33. The van der Waals surface area contributed by atoms with Crippen molar-refractivity contribution in [2.24, 2.45) is 0 Å². The average Bonchev–Trinajstić information content (AvgIpc) is 3.52. The molecule has 0 aliphatic heterocycles. The highest BCUT2D eigenvalue weighted by Crippen LogP contribution is 2.31. The van der Waals surface area contributed by atoms with Crippen molar-refractivity contribution in [3.63, 3.8) is 0 Å². The van der Waals surface area contributed by atoms with Crippen molar-refractivity contribution in [3.8, 4) is 17.1 Å². The van der Waals surface area contributed by atoms with Gasteiger partial charge in [-0.2, -0.15) is 0 Å². The first-order chi connectivity index (χ1) is 17.1. The number of halogens is 1. The Labute approximate surface area is 209 Å². The van der Waals surface area contributed by atoms with E-state index in [1.807, 2.05) is 37.3 Å². The number of carbonyl (C=O) groups is 1. The fourth-order valence-corrected chi connectivity index (χ4v) is 5.07. The number of benzene rings is 2. The van der Waals surface area contributed by atoms with Gasteiger partial charge in [-0.15, -0.1) is 21.5 Å². The smallest absolute Gasteiger partial charge is 0.275 e. The summed E-state index contributed by atoms with van der Waals surface area (Å²) in [6.45, 7) is 1.99. The highest BCUT2D eigenvalue weighted by molar-refractivity contribution is 7.98. The molecule has 0 atom stereocenters. The van der Waals surface area contributed by atoms with Gasteiger partial charge < -0.3 is 5.32 Å². The second-order valence-electron chi connectivity index (χ2n) is 7.57. The maximum Gasteiger partial charge on any atom is 0.275 e. The summed E-state index contributed by atoms with van der Waals surface area (Å²) in [5.41, 5.74) is 3.24. The first-order valence-electron chi connectivity index (χ1n) is 10.6. The number of para-hydroxylation sites is 1. The third-order valence-corrected chi connectivity index (χ3v) is 7.04. The van der Waals surface area contributed by atoms with Crippen LogP contribution >= 0.6 is 23.1 Å². The lowest BCUT2D eigenvalue weighted by atomic mass is 10.2. The van der Waals surface area contributed by atoms with Crippen molar-refractivity contribution < 1.29 is 9.18 Å². The first-order valence-corrected chi connectivity index (χ1v) is 12.5. The molecule has 3 aromatic heterocycles. The number of thiazole rings is 1. The zero-order valence-corrected chi connectivity index (χ0v) is 20.2. The molecule has 3 heterocycles. The summed E-state index contributed by atoms with van der Waals surface area (Å²) in [5, 5.41) is 14.4. The van der Waals surface area contributed by atoms with E-state index in [9.17, 15) is 9.18 Å². The molecule has 0 spiro atoms. The second kappa shape index (κ2) is 10.2. The fraction of sp³-hybridized carbons (Fsp3) is 0.0800. The zero-order chi connectivity index (χ0) is 24.2. The van der Waals surface area contributed by atoms with Gasteiger partial charge in [0.05, 0.1) is 11.4 Å².